The van der Waals surface area contributed by atoms with Crippen LogP contribution in [-0.4, -0.2) is 11.8 Å². The molecule has 0 saturated heterocycles. The third-order valence-corrected chi connectivity index (χ3v) is 4.20. The Bertz CT molecular complexity index is 841. The Morgan fingerprint density at radius 2 is 1.72 bits per heavy atom. The highest BCUT2D eigenvalue weighted by Crippen LogP contribution is 2.22. The van der Waals surface area contributed by atoms with E-state index in [2.05, 4.69) is 10.6 Å². The number of hydrogen-bond acceptors (Lipinski definition) is 3. The second-order valence-corrected chi connectivity index (χ2v) is 6.42. The molecule has 2 aromatic carbocycles. The summed E-state index contributed by atoms with van der Waals surface area (Å²) in [6.45, 7) is 3.28. The molecule has 0 heterocycles. The van der Waals surface area contributed by atoms with Crippen LogP contribution in [0.3, 0.4) is 0 Å². The van der Waals surface area contributed by atoms with Crippen molar-refractivity contribution in [3.05, 3.63) is 64.7 Å². The van der Waals surface area contributed by atoms with Crippen LogP contribution in [0.15, 0.2) is 48.5 Å². The first-order valence-electron chi connectivity index (χ1n) is 7.68. The second-order valence-electron chi connectivity index (χ2n) is 6.01. The minimum atomic E-state index is -1.32. The van der Waals surface area contributed by atoms with E-state index < -0.39 is 17.2 Å². The Morgan fingerprint density at radius 1 is 1.08 bits per heavy atom. The first-order valence-corrected chi connectivity index (χ1v) is 8.06. The maximum Gasteiger partial charge on any atom is 0.239 e. The molecule has 0 unspecified atom stereocenters. The lowest BCUT2D eigenvalue weighted by molar-refractivity contribution is -0.138. The van der Waals surface area contributed by atoms with Gasteiger partial charge in [-0.3, -0.25) is 9.59 Å². The zero-order valence-corrected chi connectivity index (χ0v) is 14.7. The summed E-state index contributed by atoms with van der Waals surface area (Å²) in [6.07, 6.45) is 0. The van der Waals surface area contributed by atoms with Crippen molar-refractivity contribution in [3.63, 3.8) is 0 Å². The number of amides is 2. The molecule has 0 saturated carbocycles. The zero-order chi connectivity index (χ0) is 18.4. The molecule has 2 rings (SSSR count). The van der Waals surface area contributed by atoms with Crippen LogP contribution in [0.25, 0.3) is 0 Å². The van der Waals surface area contributed by atoms with Gasteiger partial charge in [0.1, 0.15) is 11.5 Å². The molecule has 128 valence electrons. The van der Waals surface area contributed by atoms with Crippen LogP contribution in [0.4, 0.5) is 5.69 Å². The molecule has 0 aromatic heterocycles. The van der Waals surface area contributed by atoms with E-state index in [-0.39, 0.29) is 6.54 Å². The lowest BCUT2D eigenvalue weighted by Crippen LogP contribution is -2.45. The fourth-order valence-corrected chi connectivity index (χ4v) is 2.31. The Labute approximate surface area is 151 Å². The van der Waals surface area contributed by atoms with E-state index in [1.807, 2.05) is 12.1 Å². The highest BCUT2D eigenvalue weighted by atomic mass is 35.5. The minimum Gasteiger partial charge on any atom is -0.351 e. The van der Waals surface area contributed by atoms with Crippen molar-refractivity contribution in [2.45, 2.75) is 20.4 Å². The maximum absolute atomic E-state index is 12.5. The number of nitrogens with zero attached hydrogens (tertiary/aromatic N) is 1. The number of rotatable bonds is 5. The average molecular weight is 356 g/mol. The molecule has 2 amide bonds. The van der Waals surface area contributed by atoms with Gasteiger partial charge in [0.25, 0.3) is 0 Å². The van der Waals surface area contributed by atoms with Gasteiger partial charge in [-0.2, -0.15) is 5.26 Å². The van der Waals surface area contributed by atoms with Crippen molar-refractivity contribution in [3.8, 4) is 6.07 Å². The summed E-state index contributed by atoms with van der Waals surface area (Å²) in [5.74, 6) is -0.925. The molecule has 0 aliphatic heterocycles. The molecule has 0 aliphatic rings. The number of halogens is 1. The molecule has 2 aromatic rings. The zero-order valence-electron chi connectivity index (χ0n) is 14.0. The Hall–Kier alpha value is -2.84. The van der Waals surface area contributed by atoms with Gasteiger partial charge in [0.2, 0.25) is 11.8 Å². The summed E-state index contributed by atoms with van der Waals surface area (Å²) in [5, 5.41) is 15.0. The number of hydrogen-bond donors (Lipinski definition) is 2. The molecule has 6 heteroatoms. The van der Waals surface area contributed by atoms with Gasteiger partial charge >= 0.3 is 0 Å². The summed E-state index contributed by atoms with van der Waals surface area (Å²) in [4.78, 5) is 25.0. The van der Waals surface area contributed by atoms with E-state index in [0.29, 0.717) is 16.3 Å². The number of benzene rings is 2. The van der Waals surface area contributed by atoms with E-state index in [1.54, 1.807) is 42.5 Å². The van der Waals surface area contributed by atoms with Crippen LogP contribution in [0, 0.1) is 16.7 Å². The number of carbonyl (C=O) groups excluding carboxylic acids is 2. The Morgan fingerprint density at radius 3 is 2.40 bits per heavy atom. The third-order valence-electron chi connectivity index (χ3n) is 3.83. The van der Waals surface area contributed by atoms with Gasteiger partial charge in [-0.25, -0.2) is 0 Å². The smallest absolute Gasteiger partial charge is 0.239 e. The molecular weight excluding hydrogens is 338 g/mol. The summed E-state index contributed by atoms with van der Waals surface area (Å²) in [7, 11) is 0. The SMILES string of the molecule is CC(C)(C(=O)NCc1ccccc1Cl)C(=O)Nc1ccccc1C#N. The van der Waals surface area contributed by atoms with Crippen LogP contribution in [0.1, 0.15) is 25.0 Å². The molecule has 0 spiro atoms. The quantitative estimate of drug-likeness (QED) is 0.805. The van der Waals surface area contributed by atoms with Gasteiger partial charge in [-0.05, 0) is 37.6 Å². The van der Waals surface area contributed by atoms with Crippen LogP contribution in [0.5, 0.6) is 0 Å². The molecule has 0 fully saturated rings. The van der Waals surface area contributed by atoms with Crippen molar-refractivity contribution in [1.29, 1.82) is 5.26 Å². The predicted octanol–water partition coefficient (Wildman–Crippen LogP) is 3.49. The molecule has 5 nitrogen and oxygen atoms in total. The second kappa shape index (κ2) is 7.82. The van der Waals surface area contributed by atoms with E-state index in [4.69, 9.17) is 16.9 Å². The topological polar surface area (TPSA) is 82.0 Å². The third kappa shape index (κ3) is 4.37. The van der Waals surface area contributed by atoms with Crippen molar-refractivity contribution in [2.75, 3.05) is 5.32 Å². The largest absolute Gasteiger partial charge is 0.351 e. The van der Waals surface area contributed by atoms with Crippen LogP contribution < -0.4 is 10.6 Å². The normalized spacial score (nSPS) is 10.6. The van der Waals surface area contributed by atoms with E-state index in [0.717, 1.165) is 5.56 Å². The maximum atomic E-state index is 12.5. The summed E-state index contributed by atoms with van der Waals surface area (Å²) in [5.41, 5.74) is 0.165. The van der Waals surface area contributed by atoms with Gasteiger partial charge in [0.05, 0.1) is 11.3 Å². The van der Waals surface area contributed by atoms with Gasteiger partial charge < -0.3 is 10.6 Å². The van der Waals surface area contributed by atoms with Crippen LogP contribution in [-0.2, 0) is 16.1 Å². The molecular formula is C19H18ClN3O2. The van der Waals surface area contributed by atoms with Crippen molar-refractivity contribution in [1.82, 2.24) is 5.32 Å². The molecule has 0 atom stereocenters. The van der Waals surface area contributed by atoms with Crippen LogP contribution in [0.2, 0.25) is 5.02 Å². The number of nitrogens with one attached hydrogen (secondary N) is 2. The number of carbonyl (C=O) groups is 2. The summed E-state index contributed by atoms with van der Waals surface area (Å²) >= 11 is 6.06. The van der Waals surface area contributed by atoms with Crippen molar-refractivity contribution >= 4 is 29.1 Å². The van der Waals surface area contributed by atoms with E-state index >= 15 is 0 Å². The number of anilines is 1. The standard InChI is InChI=1S/C19H18ClN3O2/c1-19(2,17(24)22-12-14-8-3-5-9-15(14)20)18(25)23-16-10-6-4-7-13(16)11-21/h3-10H,12H2,1-2H3,(H,22,24)(H,23,25). The highest BCUT2D eigenvalue weighted by molar-refractivity contribution is 6.31. The number of para-hydroxylation sites is 1. The fraction of sp³-hybridized carbons (Fsp3) is 0.211. The van der Waals surface area contributed by atoms with Gasteiger partial charge in [0.15, 0.2) is 0 Å². The highest BCUT2D eigenvalue weighted by Gasteiger charge is 2.36. The molecule has 0 aliphatic carbocycles. The van der Waals surface area contributed by atoms with Crippen LogP contribution >= 0.6 is 11.6 Å². The molecule has 0 radical (unpaired) electrons. The molecule has 25 heavy (non-hydrogen) atoms. The average Bonchev–Trinajstić information content (AvgIpc) is 2.61. The van der Waals surface area contributed by atoms with Gasteiger partial charge in [-0.1, -0.05) is 41.9 Å². The molecule has 0 bridgehead atoms. The first kappa shape index (κ1) is 18.5. The lowest BCUT2D eigenvalue weighted by Gasteiger charge is -2.23. The molecule has 2 N–H and O–H groups in total. The Kier molecular flexibility index (Phi) is 5.79. The van der Waals surface area contributed by atoms with Gasteiger partial charge in [0, 0.05) is 11.6 Å². The van der Waals surface area contributed by atoms with E-state index in [1.165, 1.54) is 13.8 Å². The summed E-state index contributed by atoms with van der Waals surface area (Å²) in [6, 6.07) is 15.8. The minimum absolute atomic E-state index is 0.226. The first-order chi connectivity index (χ1) is 11.9. The monoisotopic (exact) mass is 355 g/mol. The van der Waals surface area contributed by atoms with Gasteiger partial charge in [-0.15, -0.1) is 0 Å². The van der Waals surface area contributed by atoms with E-state index in [9.17, 15) is 9.59 Å². The lowest BCUT2D eigenvalue weighted by atomic mass is 9.90. The van der Waals surface area contributed by atoms with Crippen molar-refractivity contribution < 1.29 is 9.59 Å². The summed E-state index contributed by atoms with van der Waals surface area (Å²) < 4.78 is 0. The predicted molar refractivity (Wildman–Crippen MR) is 96.9 cm³/mol. The fourth-order valence-electron chi connectivity index (χ4n) is 2.11. The van der Waals surface area contributed by atoms with Crippen molar-refractivity contribution in [2.24, 2.45) is 5.41 Å². The number of nitriles is 1. The Balaban J connectivity index is 2.06.